The molecule has 0 aromatic heterocycles. The van der Waals surface area contributed by atoms with Gasteiger partial charge in [-0.05, 0) is 17.5 Å². The highest BCUT2D eigenvalue weighted by Gasteiger charge is 2.22. The monoisotopic (exact) mass is 220 g/mol. The molecule has 0 heterocycles. The lowest BCUT2D eigenvalue weighted by Gasteiger charge is -2.23. The van der Waals surface area contributed by atoms with Gasteiger partial charge in [-0.2, -0.15) is 0 Å². The predicted octanol–water partition coefficient (Wildman–Crippen LogP) is 2.62. The molecule has 1 aromatic rings. The molecule has 3 heteroatoms. The summed E-state index contributed by atoms with van der Waals surface area (Å²) in [6, 6.07) is 3.30. The van der Waals surface area contributed by atoms with Gasteiger partial charge in [-0.1, -0.05) is 20.8 Å². The number of hydrogen-bond donors (Lipinski definition) is 0. The Balaban J connectivity index is 3.55. The summed E-state index contributed by atoms with van der Waals surface area (Å²) in [7, 11) is 1.53. The van der Waals surface area contributed by atoms with Crippen LogP contribution in [0.5, 0.6) is 5.75 Å². The smallest absolute Gasteiger partial charge is 0.153 e. The summed E-state index contributed by atoms with van der Waals surface area (Å²) in [4.78, 5) is 21.7. The van der Waals surface area contributed by atoms with Gasteiger partial charge < -0.3 is 4.74 Å². The van der Waals surface area contributed by atoms with Gasteiger partial charge in [0.2, 0.25) is 0 Å². The molecule has 16 heavy (non-hydrogen) atoms. The standard InChI is InChI=1S/C13H16O3/c1-13(2,3)11-6-9(7-14)5-10(8-15)12(11)16-4/h5-8H,1-4H3. The maximum Gasteiger partial charge on any atom is 0.153 e. The summed E-state index contributed by atoms with van der Waals surface area (Å²) in [5, 5.41) is 0. The number of methoxy groups -OCH3 is 1. The first kappa shape index (κ1) is 12.4. The zero-order valence-electron chi connectivity index (χ0n) is 10.0. The lowest BCUT2D eigenvalue weighted by atomic mass is 9.84. The fraction of sp³-hybridized carbons (Fsp3) is 0.385. The molecule has 3 nitrogen and oxygen atoms in total. The Morgan fingerprint density at radius 1 is 1.12 bits per heavy atom. The van der Waals surface area contributed by atoms with Crippen LogP contribution in [-0.4, -0.2) is 19.7 Å². The highest BCUT2D eigenvalue weighted by molar-refractivity contribution is 5.86. The van der Waals surface area contributed by atoms with Crippen molar-refractivity contribution >= 4 is 12.6 Å². The highest BCUT2D eigenvalue weighted by atomic mass is 16.5. The Morgan fingerprint density at radius 2 is 1.75 bits per heavy atom. The SMILES string of the molecule is COc1c(C=O)cc(C=O)cc1C(C)(C)C. The van der Waals surface area contributed by atoms with Crippen molar-refractivity contribution in [2.45, 2.75) is 26.2 Å². The minimum Gasteiger partial charge on any atom is -0.496 e. The number of hydrogen-bond acceptors (Lipinski definition) is 3. The van der Waals surface area contributed by atoms with Crippen LogP contribution in [0.15, 0.2) is 12.1 Å². The Morgan fingerprint density at radius 3 is 2.12 bits per heavy atom. The minimum absolute atomic E-state index is 0.178. The maximum atomic E-state index is 10.9. The number of carbonyl (C=O) groups excluding carboxylic acids is 2. The molecular weight excluding hydrogens is 204 g/mol. The van der Waals surface area contributed by atoms with E-state index in [9.17, 15) is 9.59 Å². The molecule has 0 saturated heterocycles. The number of ether oxygens (including phenoxy) is 1. The molecule has 0 atom stereocenters. The molecule has 0 aliphatic heterocycles. The molecule has 0 N–H and O–H groups in total. The van der Waals surface area contributed by atoms with Gasteiger partial charge in [-0.3, -0.25) is 9.59 Å². The number of rotatable bonds is 3. The van der Waals surface area contributed by atoms with Crippen molar-refractivity contribution < 1.29 is 14.3 Å². The minimum atomic E-state index is -0.178. The molecule has 0 saturated carbocycles. The molecule has 1 aromatic carbocycles. The van der Waals surface area contributed by atoms with Crippen molar-refractivity contribution in [3.63, 3.8) is 0 Å². The topological polar surface area (TPSA) is 43.4 Å². The van der Waals surface area contributed by atoms with Crippen LogP contribution in [0.1, 0.15) is 47.1 Å². The summed E-state index contributed by atoms with van der Waals surface area (Å²) in [6.07, 6.45) is 1.45. The Labute approximate surface area is 95.4 Å². The molecule has 0 fully saturated rings. The highest BCUT2D eigenvalue weighted by Crippen LogP contribution is 2.34. The first-order valence-electron chi connectivity index (χ1n) is 5.07. The Bertz CT molecular complexity index is 414. The molecule has 0 unspecified atom stereocenters. The van der Waals surface area contributed by atoms with Gasteiger partial charge in [0, 0.05) is 11.1 Å². The predicted molar refractivity (Wildman–Crippen MR) is 62.5 cm³/mol. The zero-order chi connectivity index (χ0) is 12.3. The summed E-state index contributed by atoms with van der Waals surface area (Å²) in [5.41, 5.74) is 1.59. The van der Waals surface area contributed by atoms with E-state index in [1.54, 1.807) is 6.07 Å². The molecule has 0 spiro atoms. The van der Waals surface area contributed by atoms with Crippen molar-refractivity contribution in [1.82, 2.24) is 0 Å². The van der Waals surface area contributed by atoms with Crippen LogP contribution in [0.2, 0.25) is 0 Å². The largest absolute Gasteiger partial charge is 0.496 e. The lowest BCUT2D eigenvalue weighted by molar-refractivity contribution is 0.112. The van der Waals surface area contributed by atoms with Gasteiger partial charge in [0.05, 0.1) is 12.7 Å². The molecule has 0 bridgehead atoms. The molecule has 86 valence electrons. The van der Waals surface area contributed by atoms with E-state index in [4.69, 9.17) is 4.74 Å². The van der Waals surface area contributed by atoms with E-state index >= 15 is 0 Å². The second-order valence-corrected chi connectivity index (χ2v) is 4.68. The molecule has 0 amide bonds. The zero-order valence-corrected chi connectivity index (χ0v) is 10.0. The molecule has 0 aliphatic carbocycles. The van der Waals surface area contributed by atoms with E-state index in [1.807, 2.05) is 20.8 Å². The Hall–Kier alpha value is -1.64. The molecule has 1 rings (SSSR count). The van der Waals surface area contributed by atoms with E-state index in [-0.39, 0.29) is 5.41 Å². The second kappa shape index (κ2) is 4.47. The average molecular weight is 220 g/mol. The fourth-order valence-electron chi connectivity index (χ4n) is 1.61. The summed E-state index contributed by atoms with van der Waals surface area (Å²) < 4.78 is 5.25. The van der Waals surface area contributed by atoms with Crippen molar-refractivity contribution in [2.24, 2.45) is 0 Å². The van der Waals surface area contributed by atoms with E-state index < -0.39 is 0 Å². The van der Waals surface area contributed by atoms with E-state index in [2.05, 4.69) is 0 Å². The van der Waals surface area contributed by atoms with Crippen LogP contribution in [0, 0.1) is 0 Å². The third kappa shape index (κ3) is 2.30. The molecule has 0 aliphatic rings. The molecular formula is C13H16O3. The van der Waals surface area contributed by atoms with Crippen molar-refractivity contribution in [3.05, 3.63) is 28.8 Å². The third-order valence-electron chi connectivity index (χ3n) is 2.42. The first-order chi connectivity index (χ1) is 7.43. The van der Waals surface area contributed by atoms with Gasteiger partial charge in [0.1, 0.15) is 12.0 Å². The quantitative estimate of drug-likeness (QED) is 0.735. The average Bonchev–Trinajstić information content (AvgIpc) is 2.25. The first-order valence-corrected chi connectivity index (χ1v) is 5.07. The Kier molecular flexibility index (Phi) is 3.48. The number of aldehydes is 2. The van der Waals surface area contributed by atoms with Gasteiger partial charge in [0.15, 0.2) is 6.29 Å². The van der Waals surface area contributed by atoms with E-state index in [1.165, 1.54) is 13.2 Å². The van der Waals surface area contributed by atoms with Crippen molar-refractivity contribution in [2.75, 3.05) is 7.11 Å². The van der Waals surface area contributed by atoms with E-state index in [0.717, 1.165) is 11.8 Å². The maximum absolute atomic E-state index is 10.9. The van der Waals surface area contributed by atoms with Crippen molar-refractivity contribution in [3.8, 4) is 5.75 Å². The second-order valence-electron chi connectivity index (χ2n) is 4.68. The fourth-order valence-corrected chi connectivity index (χ4v) is 1.61. The molecule has 0 radical (unpaired) electrons. The summed E-state index contributed by atoms with van der Waals surface area (Å²) >= 11 is 0. The van der Waals surface area contributed by atoms with Gasteiger partial charge in [0.25, 0.3) is 0 Å². The summed E-state index contributed by atoms with van der Waals surface area (Å²) in [6.45, 7) is 6.02. The van der Waals surface area contributed by atoms with E-state index in [0.29, 0.717) is 23.2 Å². The van der Waals surface area contributed by atoms with Crippen LogP contribution in [0.3, 0.4) is 0 Å². The van der Waals surface area contributed by atoms with Crippen LogP contribution in [0.4, 0.5) is 0 Å². The third-order valence-corrected chi connectivity index (χ3v) is 2.42. The van der Waals surface area contributed by atoms with Crippen molar-refractivity contribution in [1.29, 1.82) is 0 Å². The van der Waals surface area contributed by atoms with Gasteiger partial charge in [-0.15, -0.1) is 0 Å². The summed E-state index contributed by atoms with van der Waals surface area (Å²) in [5.74, 6) is 0.549. The number of benzene rings is 1. The van der Waals surface area contributed by atoms with Crippen LogP contribution in [-0.2, 0) is 5.41 Å². The van der Waals surface area contributed by atoms with Crippen LogP contribution in [0.25, 0.3) is 0 Å². The van der Waals surface area contributed by atoms with Crippen LogP contribution < -0.4 is 4.74 Å². The normalized spacial score (nSPS) is 11.0. The lowest BCUT2D eigenvalue weighted by Crippen LogP contribution is -2.14. The van der Waals surface area contributed by atoms with Gasteiger partial charge in [-0.25, -0.2) is 0 Å². The number of carbonyl (C=O) groups is 2. The van der Waals surface area contributed by atoms with Crippen LogP contribution >= 0.6 is 0 Å². The van der Waals surface area contributed by atoms with Gasteiger partial charge >= 0.3 is 0 Å².